The molecule has 8 nitrogen and oxygen atoms in total. The predicted molar refractivity (Wildman–Crippen MR) is 127 cm³/mol. The predicted octanol–water partition coefficient (Wildman–Crippen LogP) is 3.97. The van der Waals surface area contributed by atoms with Crippen molar-refractivity contribution in [1.82, 2.24) is 19.9 Å². The first-order chi connectivity index (χ1) is 15.2. The Morgan fingerprint density at radius 2 is 2.19 bits per heavy atom. The summed E-state index contributed by atoms with van der Waals surface area (Å²) in [6.07, 6.45) is 3.93. The fourth-order valence-electron chi connectivity index (χ4n) is 3.27. The summed E-state index contributed by atoms with van der Waals surface area (Å²) in [4.78, 5) is 16.9. The Labute approximate surface area is 191 Å². The average molecular weight is 453 g/mol. The second-order valence-electron chi connectivity index (χ2n) is 8.58. The molecule has 0 radical (unpaired) electrons. The molecule has 0 saturated carbocycles. The summed E-state index contributed by atoms with van der Waals surface area (Å²) in [6.45, 7) is 8.32. The van der Waals surface area contributed by atoms with Gasteiger partial charge in [0.2, 0.25) is 0 Å². The van der Waals surface area contributed by atoms with Crippen LogP contribution in [-0.4, -0.2) is 38.8 Å². The molecular formula is C23H25ClN6O2. The van der Waals surface area contributed by atoms with Crippen LogP contribution < -0.4 is 16.0 Å². The molecule has 0 atom stereocenters. The number of fused-ring (bicyclic) bond motifs is 1. The van der Waals surface area contributed by atoms with Gasteiger partial charge in [0.1, 0.15) is 11.6 Å². The molecule has 0 bridgehead atoms. The second-order valence-corrected chi connectivity index (χ2v) is 9.01. The van der Waals surface area contributed by atoms with Crippen LogP contribution in [0.1, 0.15) is 25.8 Å². The Morgan fingerprint density at radius 1 is 1.38 bits per heavy atom. The first-order valence-corrected chi connectivity index (χ1v) is 10.6. The van der Waals surface area contributed by atoms with Crippen molar-refractivity contribution >= 4 is 46.6 Å². The Morgan fingerprint density at radius 3 is 2.88 bits per heavy atom. The number of nitrogens with zero attached hydrogens (tertiary/aromatic N) is 3. The van der Waals surface area contributed by atoms with Crippen LogP contribution in [0.3, 0.4) is 0 Å². The Bertz CT molecular complexity index is 1230. The fraction of sp³-hybridized carbons (Fsp3) is 0.261. The lowest BCUT2D eigenvalue weighted by atomic mass is 9.95. The molecular weight excluding hydrogens is 428 g/mol. The monoisotopic (exact) mass is 452 g/mol. The minimum absolute atomic E-state index is 0.0390. The van der Waals surface area contributed by atoms with E-state index in [0.717, 1.165) is 5.69 Å². The van der Waals surface area contributed by atoms with E-state index in [1.54, 1.807) is 22.9 Å². The third-order valence-corrected chi connectivity index (χ3v) is 5.32. The first kappa shape index (κ1) is 21.9. The summed E-state index contributed by atoms with van der Waals surface area (Å²) < 4.78 is 1.69. The highest BCUT2D eigenvalue weighted by Crippen LogP contribution is 2.27. The maximum Gasteiger partial charge on any atom is 0.251 e. The third-order valence-electron chi connectivity index (χ3n) is 5.09. The lowest BCUT2D eigenvalue weighted by Crippen LogP contribution is -2.27. The van der Waals surface area contributed by atoms with Crippen molar-refractivity contribution in [2.45, 2.75) is 20.3 Å². The molecule has 0 unspecified atom stereocenters. The summed E-state index contributed by atoms with van der Waals surface area (Å²) >= 11 is 6.12. The highest BCUT2D eigenvalue weighted by atomic mass is 35.5. The highest BCUT2D eigenvalue weighted by molar-refractivity contribution is 6.30. The molecule has 3 aromatic rings. The molecule has 32 heavy (non-hydrogen) atoms. The van der Waals surface area contributed by atoms with E-state index in [4.69, 9.17) is 16.6 Å². The molecule has 1 fully saturated rings. The van der Waals surface area contributed by atoms with Gasteiger partial charge in [-0.2, -0.15) is 9.61 Å². The smallest absolute Gasteiger partial charge is 0.251 e. The van der Waals surface area contributed by atoms with Crippen LogP contribution in [0.15, 0.2) is 54.4 Å². The van der Waals surface area contributed by atoms with E-state index in [1.807, 2.05) is 38.1 Å². The topological polar surface area (TPSA) is 104 Å². The Hall–Kier alpha value is -3.36. The number of benzene rings is 1. The van der Waals surface area contributed by atoms with E-state index < -0.39 is 0 Å². The Balaban J connectivity index is 1.76. The number of carbonyl (C=O) groups excluding carboxylic acids is 1. The lowest BCUT2D eigenvalue weighted by Gasteiger charge is -2.23. The molecule has 9 heteroatoms. The van der Waals surface area contributed by atoms with E-state index in [0.29, 0.717) is 52.1 Å². The van der Waals surface area contributed by atoms with Crippen molar-refractivity contribution in [2.75, 3.05) is 23.8 Å². The number of hydrogen-bond acceptors (Lipinski definition) is 6. The molecule has 2 aromatic heterocycles. The van der Waals surface area contributed by atoms with E-state index in [-0.39, 0.29) is 17.9 Å². The molecule has 4 N–H and O–H groups in total. The van der Waals surface area contributed by atoms with E-state index in [9.17, 15) is 9.90 Å². The van der Waals surface area contributed by atoms with E-state index >= 15 is 0 Å². The fourth-order valence-corrected chi connectivity index (χ4v) is 3.46. The number of aliphatic hydroxyl groups is 1. The van der Waals surface area contributed by atoms with Gasteiger partial charge >= 0.3 is 0 Å². The van der Waals surface area contributed by atoms with E-state index in [2.05, 4.69) is 27.6 Å². The van der Waals surface area contributed by atoms with Crippen LogP contribution in [0.5, 0.6) is 0 Å². The molecule has 0 spiro atoms. The number of allylic oxidation sites excluding steroid dienone is 1. The van der Waals surface area contributed by atoms with Gasteiger partial charge in [0.05, 0.1) is 6.20 Å². The average Bonchev–Trinajstić information content (AvgIpc) is 3.29. The van der Waals surface area contributed by atoms with Gasteiger partial charge in [-0.1, -0.05) is 38.1 Å². The third kappa shape index (κ3) is 4.76. The van der Waals surface area contributed by atoms with Crippen LogP contribution in [-0.2, 0) is 4.79 Å². The van der Waals surface area contributed by atoms with Crippen LogP contribution in [0.4, 0.5) is 17.3 Å². The van der Waals surface area contributed by atoms with Crippen molar-refractivity contribution in [2.24, 2.45) is 5.41 Å². The standard InChI is InChI=1S/C23H25ClN6O2/c1-14-7-15(22(32)27-14)8-16-11-26-30-20(25-12-23(2,3)13-31)10-19(29-21(16)30)28-18-6-4-5-17(24)9-18/h4-6,8-11,25,31H,1,7,12-13H2,2-3H3,(H,27,32)(H,28,29)/b15-8+. The SMILES string of the molecule is C=C1C/C(=C\c2cnn3c(NCC(C)(C)CO)cc(Nc4cccc(Cl)c4)nc23)C(=O)N1. The maximum atomic E-state index is 12.2. The molecule has 4 rings (SSSR count). The molecule has 1 amide bonds. The molecule has 1 aromatic carbocycles. The second kappa shape index (κ2) is 8.64. The van der Waals surface area contributed by atoms with Crippen LogP contribution >= 0.6 is 11.6 Å². The molecule has 1 aliphatic rings. The molecule has 1 aliphatic heterocycles. The summed E-state index contributed by atoms with van der Waals surface area (Å²) in [5, 5.41) is 24.1. The molecule has 1 saturated heterocycles. The minimum atomic E-state index is -0.323. The molecule has 166 valence electrons. The van der Waals surface area contributed by atoms with Crippen molar-refractivity contribution in [3.05, 3.63) is 65.0 Å². The number of anilines is 3. The van der Waals surface area contributed by atoms with Crippen molar-refractivity contribution < 1.29 is 9.90 Å². The van der Waals surface area contributed by atoms with Crippen molar-refractivity contribution in [1.29, 1.82) is 0 Å². The van der Waals surface area contributed by atoms with Crippen molar-refractivity contribution in [3.8, 4) is 0 Å². The summed E-state index contributed by atoms with van der Waals surface area (Å²) in [6, 6.07) is 9.20. The van der Waals surface area contributed by atoms with Gasteiger partial charge in [0, 0.05) is 58.6 Å². The zero-order chi connectivity index (χ0) is 22.9. The van der Waals surface area contributed by atoms with Crippen LogP contribution in [0, 0.1) is 5.41 Å². The number of nitrogens with one attached hydrogen (secondary N) is 3. The number of hydrogen-bond donors (Lipinski definition) is 4. The van der Waals surface area contributed by atoms with Gasteiger partial charge in [0.25, 0.3) is 5.91 Å². The molecule has 0 aliphatic carbocycles. The van der Waals surface area contributed by atoms with E-state index in [1.165, 1.54) is 0 Å². The van der Waals surface area contributed by atoms with Crippen LogP contribution in [0.25, 0.3) is 11.7 Å². The van der Waals surface area contributed by atoms with Crippen LogP contribution in [0.2, 0.25) is 5.02 Å². The highest BCUT2D eigenvalue weighted by Gasteiger charge is 2.21. The number of aromatic nitrogens is 3. The van der Waals surface area contributed by atoms with Gasteiger partial charge in [0.15, 0.2) is 5.65 Å². The number of aliphatic hydroxyl groups excluding tert-OH is 1. The summed E-state index contributed by atoms with van der Waals surface area (Å²) in [7, 11) is 0. The summed E-state index contributed by atoms with van der Waals surface area (Å²) in [5.41, 5.74) is 3.04. The largest absolute Gasteiger partial charge is 0.396 e. The van der Waals surface area contributed by atoms with Gasteiger partial charge in [-0.05, 0) is 24.3 Å². The quantitative estimate of drug-likeness (QED) is 0.404. The number of amides is 1. The number of halogens is 1. The van der Waals surface area contributed by atoms with Crippen molar-refractivity contribution in [3.63, 3.8) is 0 Å². The maximum absolute atomic E-state index is 12.2. The zero-order valence-corrected chi connectivity index (χ0v) is 18.7. The number of rotatable bonds is 7. The van der Waals surface area contributed by atoms with Gasteiger partial charge in [-0.25, -0.2) is 4.98 Å². The first-order valence-electron chi connectivity index (χ1n) is 10.2. The normalized spacial score (nSPS) is 15.4. The van der Waals surface area contributed by atoms with Gasteiger partial charge in [-0.15, -0.1) is 0 Å². The summed E-state index contributed by atoms with van der Waals surface area (Å²) in [5.74, 6) is 1.13. The number of carbonyl (C=O) groups is 1. The lowest BCUT2D eigenvalue weighted by molar-refractivity contribution is -0.115. The Kier molecular flexibility index (Phi) is 5.90. The zero-order valence-electron chi connectivity index (χ0n) is 17.9. The van der Waals surface area contributed by atoms with Gasteiger partial charge < -0.3 is 21.1 Å². The van der Waals surface area contributed by atoms with Gasteiger partial charge in [-0.3, -0.25) is 4.79 Å². The minimum Gasteiger partial charge on any atom is -0.396 e. The molecule has 3 heterocycles.